The summed E-state index contributed by atoms with van der Waals surface area (Å²) in [7, 11) is -2.43. The molecule has 2 aromatic carbocycles. The molecule has 0 bridgehead atoms. The van der Waals surface area contributed by atoms with Crippen LogP contribution in [0.15, 0.2) is 59.5 Å². The van der Waals surface area contributed by atoms with Gasteiger partial charge in [0.15, 0.2) is 0 Å². The van der Waals surface area contributed by atoms with Gasteiger partial charge in [0.2, 0.25) is 10.0 Å². The Hall–Kier alpha value is -3.58. The number of nitrogens with zero attached hydrogens (tertiary/aromatic N) is 2. The number of fused-ring (bicyclic) bond motifs is 1. The Morgan fingerprint density at radius 2 is 1.65 bits per heavy atom. The molecule has 0 saturated carbocycles. The van der Waals surface area contributed by atoms with Crippen LogP contribution in [-0.4, -0.2) is 62.3 Å². The molecule has 1 fully saturated rings. The molecular formula is C28H30N4O6S2. The van der Waals surface area contributed by atoms with Crippen molar-refractivity contribution >= 4 is 44.3 Å². The number of amides is 3. The highest BCUT2D eigenvalue weighted by Crippen LogP contribution is 2.38. The Kier molecular flexibility index (Phi) is 8.31. The van der Waals surface area contributed by atoms with Crippen molar-refractivity contribution in [3.8, 4) is 0 Å². The van der Waals surface area contributed by atoms with Gasteiger partial charge in [0.1, 0.15) is 5.00 Å². The smallest absolute Gasteiger partial charge is 0.413 e. The first kappa shape index (κ1) is 28.0. The van der Waals surface area contributed by atoms with Gasteiger partial charge in [-0.2, -0.15) is 4.31 Å². The van der Waals surface area contributed by atoms with Crippen molar-refractivity contribution in [2.45, 2.75) is 37.2 Å². The number of rotatable bonds is 7. The summed E-state index contributed by atoms with van der Waals surface area (Å²) in [4.78, 5) is 41.4. The Morgan fingerprint density at radius 3 is 2.33 bits per heavy atom. The predicted molar refractivity (Wildman–Crippen MR) is 151 cm³/mol. The SMILES string of the molecule is COC(=O)NC(=O)c1c(NC(=O)c2ccc(S(=O)(=O)N3CCCC3)cc2)sc2c1CCN(Cc1ccccc1)C2. The monoisotopic (exact) mass is 582 g/mol. The van der Waals surface area contributed by atoms with Crippen LogP contribution in [0.3, 0.4) is 0 Å². The first-order valence-electron chi connectivity index (χ1n) is 13.0. The number of methoxy groups -OCH3 is 1. The van der Waals surface area contributed by atoms with Crippen molar-refractivity contribution in [1.29, 1.82) is 0 Å². The van der Waals surface area contributed by atoms with E-state index in [1.54, 1.807) is 0 Å². The molecule has 3 heterocycles. The van der Waals surface area contributed by atoms with Crippen LogP contribution in [0.5, 0.6) is 0 Å². The van der Waals surface area contributed by atoms with Gasteiger partial charge in [0.05, 0.1) is 17.6 Å². The number of anilines is 1. The van der Waals surface area contributed by atoms with Crippen LogP contribution in [0.4, 0.5) is 9.80 Å². The minimum atomic E-state index is -3.60. The molecule has 210 valence electrons. The molecular weight excluding hydrogens is 552 g/mol. The van der Waals surface area contributed by atoms with Gasteiger partial charge in [-0.25, -0.2) is 13.2 Å². The molecule has 2 N–H and O–H groups in total. The molecule has 2 aliphatic rings. The number of sulfonamides is 1. The van der Waals surface area contributed by atoms with Gasteiger partial charge in [0.25, 0.3) is 11.8 Å². The van der Waals surface area contributed by atoms with E-state index < -0.39 is 27.9 Å². The van der Waals surface area contributed by atoms with Crippen LogP contribution in [-0.2, 0) is 34.3 Å². The van der Waals surface area contributed by atoms with E-state index in [1.165, 1.54) is 52.6 Å². The van der Waals surface area contributed by atoms with E-state index in [4.69, 9.17) is 0 Å². The maximum Gasteiger partial charge on any atom is 0.413 e. The zero-order chi connectivity index (χ0) is 28.3. The summed E-state index contributed by atoms with van der Waals surface area (Å²) in [6.07, 6.45) is 1.35. The van der Waals surface area contributed by atoms with Crippen molar-refractivity contribution in [3.63, 3.8) is 0 Å². The lowest BCUT2D eigenvalue weighted by atomic mass is 10.0. The third-order valence-corrected chi connectivity index (χ3v) is 10.1. The molecule has 1 aromatic heterocycles. The molecule has 0 atom stereocenters. The normalized spacial score (nSPS) is 15.8. The first-order chi connectivity index (χ1) is 19.3. The van der Waals surface area contributed by atoms with E-state index >= 15 is 0 Å². The second kappa shape index (κ2) is 11.9. The second-order valence-corrected chi connectivity index (χ2v) is 12.7. The number of ether oxygens (including phenoxy) is 1. The molecule has 2 aliphatic heterocycles. The Bertz CT molecular complexity index is 1510. The Morgan fingerprint density at radius 1 is 0.950 bits per heavy atom. The summed E-state index contributed by atoms with van der Waals surface area (Å²) in [6, 6.07) is 15.9. The molecule has 3 aromatic rings. The number of benzene rings is 2. The van der Waals surface area contributed by atoms with Gasteiger partial charge >= 0.3 is 6.09 Å². The lowest BCUT2D eigenvalue weighted by Gasteiger charge is -2.27. The van der Waals surface area contributed by atoms with Crippen LogP contribution in [0.1, 0.15) is 49.6 Å². The number of carbonyl (C=O) groups is 3. The maximum atomic E-state index is 13.2. The fourth-order valence-corrected chi connectivity index (χ4v) is 7.80. The molecule has 1 saturated heterocycles. The number of nitrogens with one attached hydrogen (secondary N) is 2. The number of hydrogen-bond donors (Lipinski definition) is 2. The van der Waals surface area contributed by atoms with E-state index in [9.17, 15) is 22.8 Å². The van der Waals surface area contributed by atoms with Crippen molar-refractivity contribution in [2.24, 2.45) is 0 Å². The van der Waals surface area contributed by atoms with Crippen LogP contribution < -0.4 is 10.6 Å². The van der Waals surface area contributed by atoms with Gasteiger partial charge in [-0.05, 0) is 54.7 Å². The molecule has 40 heavy (non-hydrogen) atoms. The number of hydrogen-bond acceptors (Lipinski definition) is 8. The van der Waals surface area contributed by atoms with Gasteiger partial charge in [-0.15, -0.1) is 11.3 Å². The molecule has 0 radical (unpaired) electrons. The number of alkyl carbamates (subject to hydrolysis) is 1. The molecule has 0 unspecified atom stereocenters. The van der Waals surface area contributed by atoms with Gasteiger partial charge < -0.3 is 10.1 Å². The van der Waals surface area contributed by atoms with Crippen molar-refractivity contribution in [1.82, 2.24) is 14.5 Å². The van der Waals surface area contributed by atoms with E-state index in [-0.39, 0.29) is 16.0 Å². The fourth-order valence-electron chi connectivity index (χ4n) is 5.00. The van der Waals surface area contributed by atoms with Crippen molar-refractivity contribution in [2.75, 3.05) is 32.1 Å². The highest BCUT2D eigenvalue weighted by molar-refractivity contribution is 7.89. The average molecular weight is 583 g/mol. The number of imide groups is 1. The lowest BCUT2D eigenvalue weighted by Crippen LogP contribution is -2.33. The van der Waals surface area contributed by atoms with Crippen LogP contribution in [0, 0.1) is 0 Å². The Balaban J connectivity index is 1.37. The predicted octanol–water partition coefficient (Wildman–Crippen LogP) is 3.84. The number of thiophene rings is 1. The summed E-state index contributed by atoms with van der Waals surface area (Å²) in [5.41, 5.74) is 2.45. The highest BCUT2D eigenvalue weighted by Gasteiger charge is 2.31. The maximum absolute atomic E-state index is 13.2. The summed E-state index contributed by atoms with van der Waals surface area (Å²) in [6.45, 7) is 3.03. The zero-order valence-electron chi connectivity index (χ0n) is 22.0. The van der Waals surface area contributed by atoms with Crippen LogP contribution >= 0.6 is 11.3 Å². The third kappa shape index (κ3) is 5.94. The van der Waals surface area contributed by atoms with E-state index in [0.29, 0.717) is 37.6 Å². The summed E-state index contributed by atoms with van der Waals surface area (Å²) >= 11 is 1.30. The first-order valence-corrected chi connectivity index (χ1v) is 15.2. The molecule has 0 aliphatic carbocycles. The van der Waals surface area contributed by atoms with Gasteiger partial charge in [-0.3, -0.25) is 19.8 Å². The lowest BCUT2D eigenvalue weighted by molar-refractivity contribution is 0.0936. The van der Waals surface area contributed by atoms with E-state index in [1.807, 2.05) is 18.2 Å². The molecule has 5 rings (SSSR count). The van der Waals surface area contributed by atoms with Crippen molar-refractivity contribution in [3.05, 3.63) is 81.7 Å². The summed E-state index contributed by atoms with van der Waals surface area (Å²) < 4.78 is 31.7. The number of carbonyl (C=O) groups excluding carboxylic acids is 3. The molecule has 3 amide bonds. The van der Waals surface area contributed by atoms with Crippen LogP contribution in [0.2, 0.25) is 0 Å². The van der Waals surface area contributed by atoms with Crippen LogP contribution in [0.25, 0.3) is 0 Å². The highest BCUT2D eigenvalue weighted by atomic mass is 32.2. The zero-order valence-corrected chi connectivity index (χ0v) is 23.6. The Labute approximate surface area is 237 Å². The minimum Gasteiger partial charge on any atom is -0.453 e. The molecule has 10 nitrogen and oxygen atoms in total. The topological polar surface area (TPSA) is 125 Å². The van der Waals surface area contributed by atoms with E-state index in [0.717, 1.165) is 29.8 Å². The average Bonchev–Trinajstić information content (AvgIpc) is 3.62. The van der Waals surface area contributed by atoms with E-state index in [2.05, 4.69) is 32.4 Å². The second-order valence-electron chi connectivity index (χ2n) is 9.69. The van der Waals surface area contributed by atoms with Gasteiger partial charge in [-0.1, -0.05) is 30.3 Å². The third-order valence-electron chi connectivity index (χ3n) is 7.06. The summed E-state index contributed by atoms with van der Waals surface area (Å²) in [5.74, 6) is -1.14. The van der Waals surface area contributed by atoms with Crippen molar-refractivity contribution < 1.29 is 27.5 Å². The molecule has 0 spiro atoms. The fraction of sp³-hybridized carbons (Fsp3) is 0.321. The largest absolute Gasteiger partial charge is 0.453 e. The standard InChI is InChI=1S/C28H30N4O6S2/c1-38-28(35)30-26(34)24-22-13-16-31(17-19-7-3-2-4-8-19)18-23(22)39-27(24)29-25(33)20-9-11-21(12-10-20)40(36,37)32-14-5-6-15-32/h2-4,7-12H,5-6,13-18H2,1H3,(H,29,33)(H,30,34,35). The summed E-state index contributed by atoms with van der Waals surface area (Å²) in [5, 5.41) is 5.36. The molecule has 12 heteroatoms. The van der Waals surface area contributed by atoms with Gasteiger partial charge in [0, 0.05) is 43.2 Å². The quantitative estimate of drug-likeness (QED) is 0.434. The minimum absolute atomic E-state index is 0.134.